The number of nitrogens with one attached hydrogen (secondary N) is 2. The molecule has 0 saturated carbocycles. The van der Waals surface area contributed by atoms with Crippen molar-refractivity contribution in [2.24, 2.45) is 0 Å². The molecule has 0 bridgehead atoms. The lowest BCUT2D eigenvalue weighted by molar-refractivity contribution is -0.133. The fourth-order valence-corrected chi connectivity index (χ4v) is 3.73. The van der Waals surface area contributed by atoms with Gasteiger partial charge in [0.1, 0.15) is 6.04 Å². The Hall–Kier alpha value is -3.55. The molecule has 1 aromatic heterocycles. The molecule has 0 aliphatic carbocycles. The second kappa shape index (κ2) is 6.56. The van der Waals surface area contributed by atoms with Crippen LogP contribution in [0, 0.1) is 0 Å². The summed E-state index contributed by atoms with van der Waals surface area (Å²) in [5, 5.41) is 10.8. The van der Waals surface area contributed by atoms with Crippen LogP contribution in [0.2, 0.25) is 0 Å². The Bertz CT molecular complexity index is 1080. The maximum absolute atomic E-state index is 12.9. The molecule has 8 nitrogen and oxygen atoms in total. The third-order valence-electron chi connectivity index (χ3n) is 5.16. The molecular formula is C20H18N4O4. The van der Waals surface area contributed by atoms with Gasteiger partial charge >= 0.3 is 0 Å². The molecule has 1 atom stereocenters. The predicted molar refractivity (Wildman–Crippen MR) is 101 cm³/mol. The molecule has 2 aliphatic rings. The fraction of sp³-hybridized carbons (Fsp3) is 0.250. The van der Waals surface area contributed by atoms with Gasteiger partial charge in [0.15, 0.2) is 11.5 Å². The average molecular weight is 378 g/mol. The fourth-order valence-electron chi connectivity index (χ4n) is 3.73. The molecule has 3 aromatic rings. The minimum absolute atomic E-state index is 0.0300. The highest BCUT2D eigenvalue weighted by Crippen LogP contribution is 2.34. The second-order valence-corrected chi connectivity index (χ2v) is 6.89. The Labute approximate surface area is 160 Å². The van der Waals surface area contributed by atoms with E-state index in [4.69, 9.17) is 9.47 Å². The van der Waals surface area contributed by atoms with Gasteiger partial charge < -0.3 is 19.7 Å². The van der Waals surface area contributed by atoms with Gasteiger partial charge in [-0.2, -0.15) is 5.10 Å². The predicted octanol–water partition coefficient (Wildman–Crippen LogP) is 2.42. The van der Waals surface area contributed by atoms with Crippen LogP contribution in [0.1, 0.15) is 18.4 Å². The first-order chi connectivity index (χ1) is 13.7. The molecule has 2 N–H and O–H groups in total. The minimum Gasteiger partial charge on any atom is -0.454 e. The largest absolute Gasteiger partial charge is 0.454 e. The lowest BCUT2D eigenvalue weighted by Gasteiger charge is -2.24. The van der Waals surface area contributed by atoms with Gasteiger partial charge in [-0.3, -0.25) is 14.7 Å². The van der Waals surface area contributed by atoms with Crippen molar-refractivity contribution in [3.05, 3.63) is 48.2 Å². The van der Waals surface area contributed by atoms with Crippen LogP contribution in [-0.2, 0) is 16.1 Å². The zero-order chi connectivity index (χ0) is 19.1. The van der Waals surface area contributed by atoms with Crippen molar-refractivity contribution in [2.75, 3.05) is 12.1 Å². The van der Waals surface area contributed by atoms with Crippen LogP contribution in [-0.4, -0.2) is 39.7 Å². The summed E-state index contributed by atoms with van der Waals surface area (Å²) in [6.07, 6.45) is 2.56. The van der Waals surface area contributed by atoms with Crippen molar-refractivity contribution in [3.63, 3.8) is 0 Å². The summed E-state index contributed by atoms with van der Waals surface area (Å²) in [7, 11) is 0. The maximum atomic E-state index is 12.9. The summed E-state index contributed by atoms with van der Waals surface area (Å²) in [5.41, 5.74) is 2.32. The van der Waals surface area contributed by atoms with Crippen molar-refractivity contribution in [1.29, 1.82) is 0 Å². The van der Waals surface area contributed by atoms with Gasteiger partial charge in [-0.05, 0) is 30.2 Å². The van der Waals surface area contributed by atoms with Crippen molar-refractivity contribution in [3.8, 4) is 11.5 Å². The Morgan fingerprint density at radius 3 is 3.07 bits per heavy atom. The summed E-state index contributed by atoms with van der Waals surface area (Å²) >= 11 is 0. The van der Waals surface area contributed by atoms with Crippen molar-refractivity contribution >= 4 is 28.4 Å². The number of rotatable bonds is 4. The monoisotopic (exact) mass is 378 g/mol. The number of fused-ring (bicyclic) bond motifs is 2. The Kier molecular flexibility index (Phi) is 3.89. The minimum atomic E-state index is -0.517. The van der Waals surface area contributed by atoms with E-state index >= 15 is 0 Å². The van der Waals surface area contributed by atoms with E-state index in [1.165, 1.54) is 0 Å². The number of carbonyl (C=O) groups excluding carboxylic acids is 2. The van der Waals surface area contributed by atoms with E-state index in [0.29, 0.717) is 36.6 Å². The topological polar surface area (TPSA) is 96.5 Å². The number of hydrogen-bond donors (Lipinski definition) is 2. The van der Waals surface area contributed by atoms with Crippen LogP contribution in [0.25, 0.3) is 10.9 Å². The third kappa shape index (κ3) is 2.83. The summed E-state index contributed by atoms with van der Waals surface area (Å²) < 4.78 is 10.7. The van der Waals surface area contributed by atoms with Crippen molar-refractivity contribution in [2.45, 2.75) is 25.4 Å². The first-order valence-electron chi connectivity index (χ1n) is 9.10. The lowest BCUT2D eigenvalue weighted by Crippen LogP contribution is -2.41. The third-order valence-corrected chi connectivity index (χ3v) is 5.16. The number of likely N-dealkylation sites (tertiary alicyclic amines) is 1. The Morgan fingerprint density at radius 2 is 2.14 bits per heavy atom. The maximum Gasteiger partial charge on any atom is 0.247 e. The highest BCUT2D eigenvalue weighted by molar-refractivity contribution is 6.04. The molecule has 2 amide bonds. The summed E-state index contributed by atoms with van der Waals surface area (Å²) in [6.45, 7) is 0.549. The first kappa shape index (κ1) is 16.6. The van der Waals surface area contributed by atoms with Gasteiger partial charge in [0, 0.05) is 18.4 Å². The van der Waals surface area contributed by atoms with Crippen LogP contribution in [0.3, 0.4) is 0 Å². The number of amides is 2. The summed E-state index contributed by atoms with van der Waals surface area (Å²) in [4.78, 5) is 27.0. The first-order valence-corrected chi connectivity index (χ1v) is 9.10. The number of hydrogen-bond acceptors (Lipinski definition) is 5. The lowest BCUT2D eigenvalue weighted by atomic mass is 10.1. The molecule has 1 fully saturated rings. The van der Waals surface area contributed by atoms with Crippen LogP contribution in [0.4, 0.5) is 5.69 Å². The zero-order valence-electron chi connectivity index (χ0n) is 15.0. The number of para-hydroxylation sites is 1. The second-order valence-electron chi connectivity index (χ2n) is 6.89. The molecule has 0 radical (unpaired) electrons. The molecule has 5 rings (SSSR count). The summed E-state index contributed by atoms with van der Waals surface area (Å²) in [6, 6.07) is 10.6. The SMILES string of the molecule is O=C(Nc1cccc2cn[nH]c12)C1CCC(=O)N1Cc1ccc2c(c1)OCO2. The van der Waals surface area contributed by atoms with E-state index in [9.17, 15) is 9.59 Å². The number of nitrogens with zero attached hydrogens (tertiary/aromatic N) is 2. The molecule has 28 heavy (non-hydrogen) atoms. The van der Waals surface area contributed by atoms with Gasteiger partial charge in [-0.15, -0.1) is 0 Å². The van der Waals surface area contributed by atoms with Gasteiger partial charge in [0.25, 0.3) is 0 Å². The standard InChI is InChI=1S/C20H18N4O4/c25-18-7-5-15(20(26)22-14-3-1-2-13-9-21-23-19(13)14)24(18)10-12-4-6-16-17(8-12)28-11-27-16/h1-4,6,8-9,15H,5,7,10-11H2,(H,21,23)(H,22,26). The smallest absolute Gasteiger partial charge is 0.247 e. The summed E-state index contributed by atoms with van der Waals surface area (Å²) in [5.74, 6) is 1.13. The van der Waals surface area contributed by atoms with Crippen LogP contribution in [0.5, 0.6) is 11.5 Å². The van der Waals surface area contributed by atoms with E-state index in [1.807, 2.05) is 36.4 Å². The van der Waals surface area contributed by atoms with Gasteiger partial charge in [-0.1, -0.05) is 18.2 Å². The van der Waals surface area contributed by atoms with E-state index in [-0.39, 0.29) is 18.6 Å². The molecular weight excluding hydrogens is 360 g/mol. The molecule has 1 unspecified atom stereocenters. The molecule has 2 aromatic carbocycles. The van der Waals surface area contributed by atoms with Gasteiger partial charge in [-0.25, -0.2) is 0 Å². The number of aromatic nitrogens is 2. The van der Waals surface area contributed by atoms with Crippen molar-refractivity contribution in [1.82, 2.24) is 15.1 Å². The molecule has 0 spiro atoms. The van der Waals surface area contributed by atoms with Crippen LogP contribution < -0.4 is 14.8 Å². The molecule has 3 heterocycles. The number of carbonyl (C=O) groups is 2. The van der Waals surface area contributed by atoms with Crippen LogP contribution >= 0.6 is 0 Å². The van der Waals surface area contributed by atoms with E-state index in [0.717, 1.165) is 16.5 Å². The number of anilines is 1. The molecule has 1 saturated heterocycles. The number of benzene rings is 2. The molecule has 8 heteroatoms. The van der Waals surface area contributed by atoms with Gasteiger partial charge in [0.05, 0.1) is 17.4 Å². The van der Waals surface area contributed by atoms with Crippen LogP contribution in [0.15, 0.2) is 42.6 Å². The van der Waals surface area contributed by atoms with E-state index in [2.05, 4.69) is 15.5 Å². The Morgan fingerprint density at radius 1 is 1.25 bits per heavy atom. The molecule has 142 valence electrons. The normalized spacial score (nSPS) is 18.1. The quantitative estimate of drug-likeness (QED) is 0.727. The van der Waals surface area contributed by atoms with E-state index in [1.54, 1.807) is 11.1 Å². The number of aromatic amines is 1. The van der Waals surface area contributed by atoms with E-state index < -0.39 is 6.04 Å². The number of H-pyrrole nitrogens is 1. The average Bonchev–Trinajstić information content (AvgIpc) is 3.42. The highest BCUT2D eigenvalue weighted by atomic mass is 16.7. The Balaban J connectivity index is 1.35. The zero-order valence-corrected chi connectivity index (χ0v) is 15.0. The highest BCUT2D eigenvalue weighted by Gasteiger charge is 2.36. The van der Waals surface area contributed by atoms with Crippen molar-refractivity contribution < 1.29 is 19.1 Å². The molecule has 2 aliphatic heterocycles. The number of ether oxygens (including phenoxy) is 2. The van der Waals surface area contributed by atoms with Gasteiger partial charge in [0.2, 0.25) is 18.6 Å².